The molecule has 0 heterocycles. The van der Waals surface area contributed by atoms with E-state index < -0.39 is 0 Å². The van der Waals surface area contributed by atoms with Gasteiger partial charge in [0.25, 0.3) is 5.91 Å². The van der Waals surface area contributed by atoms with Crippen LogP contribution in [0.2, 0.25) is 5.02 Å². The van der Waals surface area contributed by atoms with Gasteiger partial charge >= 0.3 is 0 Å². The molecule has 1 aliphatic rings. The summed E-state index contributed by atoms with van der Waals surface area (Å²) in [7, 11) is 3.32. The predicted octanol–water partition coefficient (Wildman–Crippen LogP) is 4.93. The number of nitrogens with zero attached hydrogens (tertiary/aromatic N) is 1. The van der Waals surface area contributed by atoms with Crippen molar-refractivity contribution in [3.05, 3.63) is 58.6 Å². The number of aryl methyl sites for hydroxylation is 1. The second kappa shape index (κ2) is 9.79. The number of anilines is 1. The predicted molar refractivity (Wildman–Crippen MR) is 116 cm³/mol. The van der Waals surface area contributed by atoms with Crippen LogP contribution in [0.5, 0.6) is 5.75 Å². The second-order valence-electron chi connectivity index (χ2n) is 7.61. The largest absolute Gasteiger partial charge is 0.490 e. The first-order valence-electron chi connectivity index (χ1n) is 9.99. The molecule has 1 aliphatic carbocycles. The van der Waals surface area contributed by atoms with Gasteiger partial charge in [-0.2, -0.15) is 0 Å². The third-order valence-corrected chi connectivity index (χ3v) is 5.36. The van der Waals surface area contributed by atoms with Crippen LogP contribution in [0.25, 0.3) is 0 Å². The van der Waals surface area contributed by atoms with E-state index in [9.17, 15) is 9.59 Å². The van der Waals surface area contributed by atoms with Crippen LogP contribution in [0.4, 0.5) is 5.69 Å². The molecular formula is C23H27ClN2O3. The fourth-order valence-electron chi connectivity index (χ4n) is 3.46. The normalized spacial score (nSPS) is 13.9. The zero-order valence-electron chi connectivity index (χ0n) is 16.9. The monoisotopic (exact) mass is 414 g/mol. The van der Waals surface area contributed by atoms with Crippen molar-refractivity contribution >= 4 is 29.1 Å². The fourth-order valence-corrected chi connectivity index (χ4v) is 3.66. The summed E-state index contributed by atoms with van der Waals surface area (Å²) in [6.07, 6.45) is 5.97. The molecule has 154 valence electrons. The third-order valence-electron chi connectivity index (χ3n) is 5.03. The molecule has 0 bridgehead atoms. The minimum Gasteiger partial charge on any atom is -0.490 e. The minimum absolute atomic E-state index is 0.113. The second-order valence-corrected chi connectivity index (χ2v) is 8.02. The van der Waals surface area contributed by atoms with E-state index in [4.69, 9.17) is 16.3 Å². The highest BCUT2D eigenvalue weighted by Crippen LogP contribution is 2.25. The van der Waals surface area contributed by atoms with Crippen molar-refractivity contribution in [3.63, 3.8) is 0 Å². The lowest BCUT2D eigenvalue weighted by Crippen LogP contribution is -2.22. The fraction of sp³-hybridized carbons (Fsp3) is 0.391. The molecule has 0 atom stereocenters. The molecular weight excluding hydrogens is 388 g/mol. The standard InChI is InChI=1S/C23H27ClN2O3/c1-26(2)23(28)20-15-17(11-12-21(20)24)25-22(27)13-10-16-6-5-9-19(14-16)29-18-7-3-4-8-18/h5-6,9,11-12,14-15,18H,3-4,7-8,10,13H2,1-2H3,(H,25,27). The van der Waals surface area contributed by atoms with Crippen LogP contribution in [0, 0.1) is 0 Å². The number of ether oxygens (including phenoxy) is 1. The van der Waals surface area contributed by atoms with Crippen LogP contribution in [0.3, 0.4) is 0 Å². The summed E-state index contributed by atoms with van der Waals surface area (Å²) in [5.41, 5.74) is 1.99. The van der Waals surface area contributed by atoms with Crippen molar-refractivity contribution in [2.75, 3.05) is 19.4 Å². The van der Waals surface area contributed by atoms with E-state index in [0.717, 1.165) is 24.2 Å². The molecule has 0 spiro atoms. The first-order chi connectivity index (χ1) is 13.9. The van der Waals surface area contributed by atoms with E-state index in [1.807, 2.05) is 24.3 Å². The Morgan fingerprint density at radius 1 is 1.14 bits per heavy atom. The van der Waals surface area contributed by atoms with Crippen LogP contribution in [0.1, 0.15) is 48.0 Å². The number of carbonyl (C=O) groups is 2. The van der Waals surface area contributed by atoms with E-state index in [2.05, 4.69) is 5.32 Å². The van der Waals surface area contributed by atoms with Crippen LogP contribution in [0.15, 0.2) is 42.5 Å². The molecule has 0 radical (unpaired) electrons. The molecule has 6 heteroatoms. The number of hydrogen-bond acceptors (Lipinski definition) is 3. The van der Waals surface area contributed by atoms with Crippen molar-refractivity contribution in [3.8, 4) is 5.75 Å². The highest BCUT2D eigenvalue weighted by Gasteiger charge is 2.17. The summed E-state index contributed by atoms with van der Waals surface area (Å²) in [6.45, 7) is 0. The summed E-state index contributed by atoms with van der Waals surface area (Å²) < 4.78 is 6.04. The Balaban J connectivity index is 1.56. The van der Waals surface area contributed by atoms with Crippen molar-refractivity contribution in [1.82, 2.24) is 4.90 Å². The Labute approximate surface area is 177 Å². The molecule has 5 nitrogen and oxygen atoms in total. The van der Waals surface area contributed by atoms with E-state index in [1.165, 1.54) is 17.7 Å². The van der Waals surface area contributed by atoms with Gasteiger partial charge in [0.1, 0.15) is 5.75 Å². The first kappa shape index (κ1) is 21.2. The van der Waals surface area contributed by atoms with E-state index >= 15 is 0 Å². The minimum atomic E-state index is -0.204. The number of nitrogens with one attached hydrogen (secondary N) is 1. The number of rotatable bonds is 7. The average molecular weight is 415 g/mol. The van der Waals surface area contributed by atoms with E-state index in [1.54, 1.807) is 32.3 Å². The topological polar surface area (TPSA) is 58.6 Å². The quantitative estimate of drug-likeness (QED) is 0.698. The van der Waals surface area contributed by atoms with Crippen molar-refractivity contribution < 1.29 is 14.3 Å². The van der Waals surface area contributed by atoms with E-state index in [-0.39, 0.29) is 11.8 Å². The summed E-state index contributed by atoms with van der Waals surface area (Å²) >= 11 is 6.12. The molecule has 0 aliphatic heterocycles. The van der Waals surface area contributed by atoms with Crippen LogP contribution in [-0.4, -0.2) is 36.9 Å². The molecule has 1 saturated carbocycles. The molecule has 1 fully saturated rings. The van der Waals surface area contributed by atoms with Gasteiger partial charge in [-0.3, -0.25) is 9.59 Å². The summed E-state index contributed by atoms with van der Waals surface area (Å²) in [5.74, 6) is 0.558. The Bertz CT molecular complexity index is 876. The highest BCUT2D eigenvalue weighted by molar-refractivity contribution is 6.34. The molecule has 0 saturated heterocycles. The van der Waals surface area contributed by atoms with Crippen molar-refractivity contribution in [2.24, 2.45) is 0 Å². The lowest BCUT2D eigenvalue weighted by molar-refractivity contribution is -0.116. The molecule has 3 rings (SSSR count). The molecule has 0 aromatic heterocycles. The van der Waals surface area contributed by atoms with Crippen LogP contribution in [-0.2, 0) is 11.2 Å². The highest BCUT2D eigenvalue weighted by atomic mass is 35.5. The lowest BCUT2D eigenvalue weighted by Gasteiger charge is -2.14. The van der Waals surface area contributed by atoms with Gasteiger partial charge in [0.05, 0.1) is 16.7 Å². The molecule has 0 unspecified atom stereocenters. The Morgan fingerprint density at radius 2 is 1.90 bits per heavy atom. The number of hydrogen-bond donors (Lipinski definition) is 1. The van der Waals surface area contributed by atoms with Crippen molar-refractivity contribution in [2.45, 2.75) is 44.6 Å². The van der Waals surface area contributed by atoms with Gasteiger partial charge in [0, 0.05) is 26.2 Å². The SMILES string of the molecule is CN(C)C(=O)c1cc(NC(=O)CCc2cccc(OC3CCCC3)c2)ccc1Cl. The zero-order chi connectivity index (χ0) is 20.8. The molecule has 29 heavy (non-hydrogen) atoms. The van der Waals surface area contributed by atoms with Gasteiger partial charge in [-0.15, -0.1) is 0 Å². The lowest BCUT2D eigenvalue weighted by atomic mass is 10.1. The van der Waals surface area contributed by atoms with Crippen LogP contribution < -0.4 is 10.1 Å². The maximum atomic E-state index is 12.4. The van der Waals surface area contributed by atoms with Crippen LogP contribution >= 0.6 is 11.6 Å². The van der Waals surface area contributed by atoms with E-state index in [0.29, 0.717) is 35.2 Å². The Kier molecular flexibility index (Phi) is 7.15. The maximum absolute atomic E-state index is 12.4. The smallest absolute Gasteiger partial charge is 0.254 e. The number of carbonyl (C=O) groups excluding carboxylic acids is 2. The summed E-state index contributed by atoms with van der Waals surface area (Å²) in [4.78, 5) is 26.0. The number of benzene rings is 2. The molecule has 2 aromatic rings. The average Bonchev–Trinajstić information content (AvgIpc) is 3.20. The molecule has 1 N–H and O–H groups in total. The Hall–Kier alpha value is -2.53. The molecule has 2 amide bonds. The zero-order valence-corrected chi connectivity index (χ0v) is 17.7. The number of amides is 2. The van der Waals surface area contributed by atoms with Gasteiger partial charge < -0.3 is 15.0 Å². The Morgan fingerprint density at radius 3 is 2.62 bits per heavy atom. The molecule has 2 aromatic carbocycles. The summed E-state index contributed by atoms with van der Waals surface area (Å²) in [5, 5.41) is 3.21. The number of halogens is 1. The van der Waals surface area contributed by atoms with Gasteiger partial charge in [0.2, 0.25) is 5.91 Å². The van der Waals surface area contributed by atoms with Gasteiger partial charge in [0.15, 0.2) is 0 Å². The van der Waals surface area contributed by atoms with Gasteiger partial charge in [-0.25, -0.2) is 0 Å². The maximum Gasteiger partial charge on any atom is 0.254 e. The summed E-state index contributed by atoms with van der Waals surface area (Å²) in [6, 6.07) is 12.9. The first-order valence-corrected chi connectivity index (χ1v) is 10.4. The third kappa shape index (κ3) is 5.97. The van der Waals surface area contributed by atoms with Gasteiger partial charge in [-0.1, -0.05) is 23.7 Å². The van der Waals surface area contributed by atoms with Crippen molar-refractivity contribution in [1.29, 1.82) is 0 Å². The van der Waals surface area contributed by atoms with Gasteiger partial charge in [-0.05, 0) is 68.0 Å².